The van der Waals surface area contributed by atoms with Crippen LogP contribution in [0.3, 0.4) is 0 Å². The van der Waals surface area contributed by atoms with Crippen molar-refractivity contribution in [3.63, 3.8) is 0 Å². The summed E-state index contributed by atoms with van der Waals surface area (Å²) >= 11 is 0. The molecule has 7 heteroatoms. The molecule has 1 N–H and O–H groups in total. The summed E-state index contributed by atoms with van der Waals surface area (Å²) in [6, 6.07) is 0. The summed E-state index contributed by atoms with van der Waals surface area (Å²) in [7, 11) is 0. The maximum Gasteiger partial charge on any atom is 0.375 e. The second-order valence-electron chi connectivity index (χ2n) is 2.70. The molecule has 0 aliphatic rings. The monoisotopic (exact) mass is 200 g/mol. The summed E-state index contributed by atoms with van der Waals surface area (Å²) in [5.41, 5.74) is 0. The molecule has 1 aromatic rings. The summed E-state index contributed by atoms with van der Waals surface area (Å²) in [6.45, 7) is 2.70. The van der Waals surface area contributed by atoms with Crippen molar-refractivity contribution < 1.29 is 14.6 Å². The van der Waals surface area contributed by atoms with E-state index in [0.29, 0.717) is 6.61 Å². The molecule has 0 aliphatic heterocycles. The minimum atomic E-state index is -1.16. The largest absolute Gasteiger partial charge is 0.475 e. The number of rotatable bonds is 6. The number of carbonyl (C=O) groups is 1. The lowest BCUT2D eigenvalue weighted by Gasteiger charge is -2.02. The SMILES string of the molecule is CCCCOCn1nnnc1C(=O)O. The highest BCUT2D eigenvalue weighted by molar-refractivity contribution is 5.82. The normalized spacial score (nSPS) is 10.4. The number of aromatic carboxylic acids is 1. The van der Waals surface area contributed by atoms with E-state index in [1.54, 1.807) is 0 Å². The van der Waals surface area contributed by atoms with Gasteiger partial charge in [0.15, 0.2) is 0 Å². The Kier molecular flexibility index (Phi) is 3.99. The zero-order valence-corrected chi connectivity index (χ0v) is 7.88. The lowest BCUT2D eigenvalue weighted by atomic mass is 10.4. The molecule has 1 heterocycles. The van der Waals surface area contributed by atoms with Crippen molar-refractivity contribution in [3.05, 3.63) is 5.82 Å². The second-order valence-corrected chi connectivity index (χ2v) is 2.70. The number of hydrogen-bond acceptors (Lipinski definition) is 5. The van der Waals surface area contributed by atoms with Crippen LogP contribution >= 0.6 is 0 Å². The maximum absolute atomic E-state index is 10.6. The van der Waals surface area contributed by atoms with E-state index >= 15 is 0 Å². The van der Waals surface area contributed by atoms with Gasteiger partial charge in [0.1, 0.15) is 6.73 Å². The van der Waals surface area contributed by atoms with Crippen LogP contribution in [-0.2, 0) is 11.5 Å². The molecule has 1 rings (SSSR count). The Hall–Kier alpha value is -1.50. The van der Waals surface area contributed by atoms with Crippen molar-refractivity contribution in [2.45, 2.75) is 26.5 Å². The predicted molar refractivity (Wildman–Crippen MR) is 45.6 cm³/mol. The number of carboxylic acids is 1. The number of carboxylic acid groups (broad SMARTS) is 1. The highest BCUT2D eigenvalue weighted by Gasteiger charge is 2.12. The average Bonchev–Trinajstić information content (AvgIpc) is 2.60. The van der Waals surface area contributed by atoms with E-state index in [4.69, 9.17) is 9.84 Å². The van der Waals surface area contributed by atoms with Crippen molar-refractivity contribution in [2.24, 2.45) is 0 Å². The van der Waals surface area contributed by atoms with Gasteiger partial charge in [-0.1, -0.05) is 13.3 Å². The van der Waals surface area contributed by atoms with Crippen LogP contribution in [0.15, 0.2) is 0 Å². The first-order valence-electron chi connectivity index (χ1n) is 4.33. The minimum Gasteiger partial charge on any atom is -0.475 e. The fraction of sp³-hybridized carbons (Fsp3) is 0.714. The summed E-state index contributed by atoms with van der Waals surface area (Å²) in [4.78, 5) is 10.6. The number of tetrazole rings is 1. The highest BCUT2D eigenvalue weighted by Crippen LogP contribution is 1.94. The zero-order valence-electron chi connectivity index (χ0n) is 7.88. The minimum absolute atomic E-state index is 0.0780. The molecule has 0 radical (unpaired) electrons. The molecule has 0 saturated carbocycles. The molecule has 78 valence electrons. The van der Waals surface area contributed by atoms with Crippen LogP contribution in [0.1, 0.15) is 30.4 Å². The molecule has 0 atom stereocenters. The molecule has 14 heavy (non-hydrogen) atoms. The summed E-state index contributed by atoms with van der Waals surface area (Å²) in [5, 5.41) is 18.7. The standard InChI is InChI=1S/C7H12N4O3/c1-2-3-4-14-5-11-6(7(12)13)8-9-10-11/h2-5H2,1H3,(H,12,13). The molecular formula is C7H12N4O3. The molecule has 7 nitrogen and oxygen atoms in total. The molecule has 1 aromatic heterocycles. The van der Waals surface area contributed by atoms with Crippen LogP contribution in [0.25, 0.3) is 0 Å². The third kappa shape index (κ3) is 2.77. The number of nitrogens with zero attached hydrogens (tertiary/aromatic N) is 4. The van der Waals surface area contributed by atoms with Gasteiger partial charge in [-0.2, -0.15) is 4.68 Å². The first-order valence-corrected chi connectivity index (χ1v) is 4.33. The molecule has 0 aliphatic carbocycles. The fourth-order valence-corrected chi connectivity index (χ4v) is 0.842. The van der Waals surface area contributed by atoms with E-state index in [9.17, 15) is 4.79 Å². The van der Waals surface area contributed by atoms with Crippen molar-refractivity contribution in [1.29, 1.82) is 0 Å². The Labute approximate surface area is 80.7 Å². The molecule has 0 saturated heterocycles. The van der Waals surface area contributed by atoms with Gasteiger partial charge >= 0.3 is 5.97 Å². The Morgan fingerprint density at radius 1 is 1.64 bits per heavy atom. The lowest BCUT2D eigenvalue weighted by molar-refractivity contribution is 0.0531. The van der Waals surface area contributed by atoms with Crippen molar-refractivity contribution in [2.75, 3.05) is 6.61 Å². The van der Waals surface area contributed by atoms with E-state index in [1.165, 1.54) is 0 Å². The van der Waals surface area contributed by atoms with Crippen LogP contribution in [0, 0.1) is 0 Å². The van der Waals surface area contributed by atoms with E-state index in [1.807, 2.05) is 6.92 Å². The smallest absolute Gasteiger partial charge is 0.375 e. The summed E-state index contributed by atoms with van der Waals surface area (Å²) in [6.07, 6.45) is 1.96. The van der Waals surface area contributed by atoms with Gasteiger partial charge in [-0.25, -0.2) is 4.79 Å². The van der Waals surface area contributed by atoms with Gasteiger partial charge < -0.3 is 9.84 Å². The number of ether oxygens (including phenoxy) is 1. The Morgan fingerprint density at radius 3 is 3.07 bits per heavy atom. The lowest BCUT2D eigenvalue weighted by Crippen LogP contribution is -2.13. The van der Waals surface area contributed by atoms with E-state index < -0.39 is 5.97 Å². The number of hydrogen-bond donors (Lipinski definition) is 1. The first kappa shape index (κ1) is 10.6. The van der Waals surface area contributed by atoms with E-state index in [0.717, 1.165) is 17.5 Å². The summed E-state index contributed by atoms with van der Waals surface area (Å²) < 4.78 is 6.28. The van der Waals surface area contributed by atoms with Gasteiger partial charge in [0, 0.05) is 6.61 Å². The molecule has 0 bridgehead atoms. The van der Waals surface area contributed by atoms with Gasteiger partial charge in [0.05, 0.1) is 0 Å². The van der Waals surface area contributed by atoms with Crippen LogP contribution < -0.4 is 0 Å². The predicted octanol–water partition coefficient (Wildman–Crippen LogP) is 0.145. The molecule has 0 amide bonds. The van der Waals surface area contributed by atoms with Gasteiger partial charge in [-0.05, 0) is 16.8 Å². The second kappa shape index (κ2) is 5.28. The number of aromatic nitrogens is 4. The highest BCUT2D eigenvalue weighted by atomic mass is 16.5. The fourth-order valence-electron chi connectivity index (χ4n) is 0.842. The van der Waals surface area contributed by atoms with Crippen LogP contribution in [0.4, 0.5) is 0 Å². The van der Waals surface area contributed by atoms with Crippen LogP contribution in [0.5, 0.6) is 0 Å². The third-order valence-electron chi connectivity index (χ3n) is 1.58. The molecular weight excluding hydrogens is 188 g/mol. The van der Waals surface area contributed by atoms with E-state index in [2.05, 4.69) is 15.5 Å². The van der Waals surface area contributed by atoms with E-state index in [-0.39, 0.29) is 12.6 Å². The van der Waals surface area contributed by atoms with Crippen molar-refractivity contribution >= 4 is 5.97 Å². The first-order chi connectivity index (χ1) is 6.75. The van der Waals surface area contributed by atoms with Crippen molar-refractivity contribution in [3.8, 4) is 0 Å². The Bertz CT molecular complexity index is 299. The van der Waals surface area contributed by atoms with Gasteiger partial charge in [0.2, 0.25) is 0 Å². The third-order valence-corrected chi connectivity index (χ3v) is 1.58. The van der Waals surface area contributed by atoms with Gasteiger partial charge in [-0.15, -0.1) is 5.10 Å². The number of unbranched alkanes of at least 4 members (excludes halogenated alkanes) is 1. The van der Waals surface area contributed by atoms with Gasteiger partial charge in [-0.3, -0.25) is 0 Å². The van der Waals surface area contributed by atoms with Gasteiger partial charge in [0.25, 0.3) is 5.82 Å². The van der Waals surface area contributed by atoms with Crippen LogP contribution in [0.2, 0.25) is 0 Å². The molecule has 0 fully saturated rings. The maximum atomic E-state index is 10.6. The van der Waals surface area contributed by atoms with Crippen molar-refractivity contribution in [1.82, 2.24) is 20.2 Å². The quantitative estimate of drug-likeness (QED) is 0.657. The molecule has 0 aromatic carbocycles. The molecule has 0 spiro atoms. The zero-order chi connectivity index (χ0) is 10.4. The van der Waals surface area contributed by atoms with Crippen LogP contribution in [-0.4, -0.2) is 37.9 Å². The Morgan fingerprint density at radius 2 is 2.43 bits per heavy atom. The Balaban J connectivity index is 2.42. The summed E-state index contributed by atoms with van der Waals surface area (Å²) in [5.74, 6) is -1.37. The topological polar surface area (TPSA) is 90.1 Å². The molecule has 0 unspecified atom stereocenters. The average molecular weight is 200 g/mol.